The summed E-state index contributed by atoms with van der Waals surface area (Å²) < 4.78 is 33.3. The molecular formula is C21H10Cl3F2N3O2S. The van der Waals surface area contributed by atoms with E-state index in [0.29, 0.717) is 11.3 Å². The molecule has 2 aromatic carbocycles. The van der Waals surface area contributed by atoms with Gasteiger partial charge in [0.15, 0.2) is 27.5 Å². The highest BCUT2D eigenvalue weighted by Crippen LogP contribution is 2.35. The molecule has 5 nitrogen and oxygen atoms in total. The number of carbonyl (C=O) groups excluding carboxylic acids is 1. The first kappa shape index (κ1) is 22.4. The number of hydrogen-bond donors (Lipinski definition) is 1. The summed E-state index contributed by atoms with van der Waals surface area (Å²) >= 11 is 18.7. The Labute approximate surface area is 199 Å². The van der Waals surface area contributed by atoms with Crippen LogP contribution in [0.5, 0.6) is 11.5 Å². The van der Waals surface area contributed by atoms with Crippen LogP contribution in [0.4, 0.5) is 14.5 Å². The van der Waals surface area contributed by atoms with E-state index < -0.39 is 17.5 Å². The van der Waals surface area contributed by atoms with Gasteiger partial charge >= 0.3 is 0 Å². The number of amides is 1. The lowest BCUT2D eigenvalue weighted by Crippen LogP contribution is -2.11. The van der Waals surface area contributed by atoms with Gasteiger partial charge in [-0.3, -0.25) is 4.79 Å². The second-order valence-corrected chi connectivity index (χ2v) is 8.28. The van der Waals surface area contributed by atoms with E-state index in [4.69, 9.17) is 39.5 Å². The minimum atomic E-state index is -0.729. The maximum atomic E-state index is 14.5. The summed E-state index contributed by atoms with van der Waals surface area (Å²) in [5.41, 5.74) is 1.22. The number of halogens is 5. The van der Waals surface area contributed by atoms with E-state index in [9.17, 15) is 13.6 Å². The third-order valence-corrected chi connectivity index (χ3v) is 6.01. The Morgan fingerprint density at radius 2 is 1.81 bits per heavy atom. The summed E-state index contributed by atoms with van der Waals surface area (Å²) in [5, 5.41) is 4.37. The van der Waals surface area contributed by atoms with Gasteiger partial charge in [0.2, 0.25) is 0 Å². The van der Waals surface area contributed by atoms with Gasteiger partial charge < -0.3 is 10.1 Å². The Morgan fingerprint density at radius 1 is 1.00 bits per heavy atom. The van der Waals surface area contributed by atoms with Gasteiger partial charge in [0.1, 0.15) is 10.8 Å². The molecule has 0 saturated heterocycles. The summed E-state index contributed by atoms with van der Waals surface area (Å²) in [7, 11) is 0. The molecule has 32 heavy (non-hydrogen) atoms. The molecule has 0 spiro atoms. The molecule has 0 aliphatic rings. The lowest BCUT2D eigenvalue weighted by molar-refractivity contribution is 0.102. The van der Waals surface area contributed by atoms with Crippen LogP contribution in [0.15, 0.2) is 54.0 Å². The second kappa shape index (κ2) is 9.38. The molecule has 2 heterocycles. The third kappa shape index (κ3) is 4.83. The zero-order valence-electron chi connectivity index (χ0n) is 15.7. The van der Waals surface area contributed by atoms with E-state index in [-0.39, 0.29) is 37.4 Å². The molecule has 4 aromatic rings. The Bertz CT molecular complexity index is 1330. The number of benzene rings is 2. The summed E-state index contributed by atoms with van der Waals surface area (Å²) in [6.45, 7) is 0. The highest BCUT2D eigenvalue weighted by atomic mass is 35.5. The van der Waals surface area contributed by atoms with E-state index in [1.54, 1.807) is 5.38 Å². The molecular weight excluding hydrogens is 503 g/mol. The van der Waals surface area contributed by atoms with E-state index in [2.05, 4.69) is 15.3 Å². The van der Waals surface area contributed by atoms with E-state index in [1.165, 1.54) is 42.6 Å². The highest BCUT2D eigenvalue weighted by molar-refractivity contribution is 7.12. The van der Waals surface area contributed by atoms with Crippen molar-refractivity contribution < 1.29 is 18.3 Å². The number of ether oxygens (including phenoxy) is 1. The zero-order chi connectivity index (χ0) is 22.8. The van der Waals surface area contributed by atoms with Crippen LogP contribution in [0, 0.1) is 11.6 Å². The van der Waals surface area contributed by atoms with Crippen LogP contribution >= 0.6 is 46.1 Å². The van der Waals surface area contributed by atoms with Crippen LogP contribution in [-0.4, -0.2) is 15.9 Å². The van der Waals surface area contributed by atoms with Crippen LogP contribution in [0.2, 0.25) is 15.2 Å². The fourth-order valence-corrected chi connectivity index (χ4v) is 3.81. The quantitative estimate of drug-likeness (QED) is 0.281. The van der Waals surface area contributed by atoms with Crippen molar-refractivity contribution in [1.82, 2.24) is 9.97 Å². The SMILES string of the molecule is O=C(Nc1ccc(Oc2ccnc(Cl)c2Cl)c(F)c1)c1nc(-c2ccc(F)c(Cl)c2)cs1. The van der Waals surface area contributed by atoms with Crippen molar-refractivity contribution in [1.29, 1.82) is 0 Å². The van der Waals surface area contributed by atoms with Crippen molar-refractivity contribution in [2.45, 2.75) is 0 Å². The molecule has 4 rings (SSSR count). The van der Waals surface area contributed by atoms with E-state index >= 15 is 0 Å². The molecule has 0 bridgehead atoms. The standard InChI is InChI=1S/C21H10Cl3F2N3O2S/c22-12-7-10(1-3-13(12)25)15-9-32-21(29-15)20(30)28-11-2-4-16(14(26)8-11)31-17-5-6-27-19(24)18(17)23/h1-9H,(H,28,30). The molecule has 0 unspecified atom stereocenters. The molecule has 0 radical (unpaired) electrons. The first-order valence-corrected chi connectivity index (χ1v) is 10.8. The van der Waals surface area contributed by atoms with Crippen molar-refractivity contribution in [3.63, 3.8) is 0 Å². The average Bonchev–Trinajstić information content (AvgIpc) is 3.25. The van der Waals surface area contributed by atoms with Crippen LogP contribution in [-0.2, 0) is 0 Å². The minimum absolute atomic E-state index is 0.0270. The van der Waals surface area contributed by atoms with Crippen LogP contribution in [0.1, 0.15) is 9.80 Å². The Kier molecular flexibility index (Phi) is 6.57. The predicted octanol–water partition coefficient (Wildman–Crippen LogP) is 7.49. The molecule has 0 atom stereocenters. The fourth-order valence-electron chi connectivity index (χ4n) is 2.61. The number of rotatable bonds is 5. The number of nitrogens with one attached hydrogen (secondary N) is 1. The smallest absolute Gasteiger partial charge is 0.284 e. The van der Waals surface area contributed by atoms with Crippen LogP contribution in [0.3, 0.4) is 0 Å². The van der Waals surface area contributed by atoms with E-state index in [1.807, 2.05) is 0 Å². The van der Waals surface area contributed by atoms with E-state index in [0.717, 1.165) is 17.4 Å². The largest absolute Gasteiger partial charge is 0.453 e. The maximum absolute atomic E-state index is 14.5. The highest BCUT2D eigenvalue weighted by Gasteiger charge is 2.16. The number of nitrogens with zero attached hydrogens (tertiary/aromatic N) is 2. The van der Waals surface area contributed by atoms with Gasteiger partial charge in [0, 0.05) is 35.0 Å². The number of hydrogen-bond acceptors (Lipinski definition) is 5. The van der Waals surface area contributed by atoms with Crippen LogP contribution in [0.25, 0.3) is 11.3 Å². The zero-order valence-corrected chi connectivity index (χ0v) is 18.8. The van der Waals surface area contributed by atoms with Gasteiger partial charge in [0.05, 0.1) is 10.7 Å². The molecule has 0 fully saturated rings. The van der Waals surface area contributed by atoms with Gasteiger partial charge in [-0.15, -0.1) is 11.3 Å². The molecule has 0 aliphatic heterocycles. The van der Waals surface area contributed by atoms with Crippen molar-refractivity contribution in [3.8, 4) is 22.8 Å². The predicted molar refractivity (Wildman–Crippen MR) is 121 cm³/mol. The Balaban J connectivity index is 1.48. The van der Waals surface area contributed by atoms with Gasteiger partial charge in [-0.1, -0.05) is 34.8 Å². The third-order valence-electron chi connectivity index (χ3n) is 4.13. The molecule has 162 valence electrons. The number of aromatic nitrogens is 2. The second-order valence-electron chi connectivity index (χ2n) is 6.28. The molecule has 2 aromatic heterocycles. The van der Waals surface area contributed by atoms with Crippen molar-refractivity contribution >= 4 is 57.7 Å². The lowest BCUT2D eigenvalue weighted by Gasteiger charge is -2.10. The van der Waals surface area contributed by atoms with Gasteiger partial charge in [-0.05, 0) is 30.3 Å². The van der Waals surface area contributed by atoms with Gasteiger partial charge in [-0.2, -0.15) is 0 Å². The number of carbonyl (C=O) groups is 1. The number of anilines is 1. The first-order chi connectivity index (χ1) is 15.3. The average molecular weight is 513 g/mol. The fraction of sp³-hybridized carbons (Fsp3) is 0. The summed E-state index contributed by atoms with van der Waals surface area (Å²) in [4.78, 5) is 20.5. The van der Waals surface area contributed by atoms with Gasteiger partial charge in [0.25, 0.3) is 5.91 Å². The maximum Gasteiger partial charge on any atom is 0.284 e. The van der Waals surface area contributed by atoms with Gasteiger partial charge in [-0.25, -0.2) is 18.7 Å². The van der Waals surface area contributed by atoms with Crippen molar-refractivity contribution in [2.24, 2.45) is 0 Å². The molecule has 11 heteroatoms. The Morgan fingerprint density at radius 3 is 2.56 bits per heavy atom. The summed E-state index contributed by atoms with van der Waals surface area (Å²) in [6.07, 6.45) is 1.37. The minimum Gasteiger partial charge on any atom is -0.453 e. The topological polar surface area (TPSA) is 64.1 Å². The molecule has 0 aliphatic carbocycles. The summed E-state index contributed by atoms with van der Waals surface area (Å²) in [5.74, 6) is -1.79. The molecule has 1 amide bonds. The van der Waals surface area contributed by atoms with Crippen LogP contribution < -0.4 is 10.1 Å². The molecule has 0 saturated carbocycles. The monoisotopic (exact) mass is 511 g/mol. The number of pyridine rings is 1. The summed E-state index contributed by atoms with van der Waals surface area (Å²) in [6, 6.07) is 9.48. The first-order valence-electron chi connectivity index (χ1n) is 8.81. The normalized spacial score (nSPS) is 10.8. The lowest BCUT2D eigenvalue weighted by atomic mass is 10.2. The van der Waals surface area contributed by atoms with Crippen molar-refractivity contribution in [3.05, 3.63) is 85.9 Å². The van der Waals surface area contributed by atoms with Crippen molar-refractivity contribution in [2.75, 3.05) is 5.32 Å². The molecule has 1 N–H and O–H groups in total. The Hall–Kier alpha value is -2.78. The number of thiazole rings is 1.